The van der Waals surface area contributed by atoms with Gasteiger partial charge in [-0.3, -0.25) is 14.5 Å². The first kappa shape index (κ1) is 19.3. The molecule has 1 fully saturated rings. The van der Waals surface area contributed by atoms with Gasteiger partial charge in [-0.05, 0) is 32.0 Å². The van der Waals surface area contributed by atoms with Crippen LogP contribution >= 0.6 is 12.4 Å². The Morgan fingerprint density at radius 1 is 1.28 bits per heavy atom. The molecule has 0 aromatic heterocycles. The van der Waals surface area contributed by atoms with Gasteiger partial charge >= 0.3 is 5.97 Å². The van der Waals surface area contributed by atoms with Crippen LogP contribution in [-0.4, -0.2) is 54.2 Å². The predicted molar refractivity (Wildman–Crippen MR) is 94.7 cm³/mol. The molecule has 8 heteroatoms. The number of hydrogen-bond acceptors (Lipinski definition) is 5. The average molecular weight is 371 g/mol. The minimum atomic E-state index is -0.798. The van der Waals surface area contributed by atoms with Crippen LogP contribution < -0.4 is 14.8 Å². The number of fused-ring (bicyclic) bond motifs is 1. The topological polar surface area (TPSA) is 88.1 Å². The lowest BCUT2D eigenvalue weighted by Gasteiger charge is -2.23. The number of nitrogens with one attached hydrogen (secondary N) is 1. The van der Waals surface area contributed by atoms with Crippen LogP contribution in [0.2, 0.25) is 0 Å². The van der Waals surface area contributed by atoms with Crippen molar-refractivity contribution in [2.24, 2.45) is 5.92 Å². The summed E-state index contributed by atoms with van der Waals surface area (Å²) in [6, 6.07) is 4.94. The molecule has 2 heterocycles. The van der Waals surface area contributed by atoms with E-state index in [1.807, 2.05) is 4.90 Å². The zero-order chi connectivity index (χ0) is 17.1. The number of aliphatic carboxylic acids is 1. The molecule has 138 valence electrons. The van der Waals surface area contributed by atoms with E-state index >= 15 is 0 Å². The highest BCUT2D eigenvalue weighted by molar-refractivity contribution is 5.95. The second-order valence-corrected chi connectivity index (χ2v) is 6.20. The molecule has 0 saturated carbocycles. The molecule has 7 nitrogen and oxygen atoms in total. The van der Waals surface area contributed by atoms with Gasteiger partial charge in [0.2, 0.25) is 5.91 Å². The van der Waals surface area contributed by atoms with Crippen molar-refractivity contribution in [2.45, 2.75) is 25.8 Å². The van der Waals surface area contributed by atoms with Crippen LogP contribution in [0.25, 0.3) is 0 Å². The summed E-state index contributed by atoms with van der Waals surface area (Å²) in [5.41, 5.74) is 0.644. The number of carboxylic acids is 1. The number of anilines is 1. The Morgan fingerprint density at radius 2 is 2.00 bits per heavy atom. The van der Waals surface area contributed by atoms with Gasteiger partial charge in [0, 0.05) is 24.7 Å². The SMILES string of the molecule is CC(C(=O)Nc1ccc2c(c1)OCCCO2)N1CCC(C(=O)O)C1.Cl. The fourth-order valence-electron chi connectivity index (χ4n) is 2.99. The first-order valence-corrected chi connectivity index (χ1v) is 8.22. The van der Waals surface area contributed by atoms with Crippen LogP contribution in [0, 0.1) is 5.92 Å². The van der Waals surface area contributed by atoms with Crippen LogP contribution in [0.1, 0.15) is 19.8 Å². The van der Waals surface area contributed by atoms with Crippen LogP contribution in [0.4, 0.5) is 5.69 Å². The predicted octanol–water partition coefficient (Wildman–Crippen LogP) is 2.00. The number of hydrogen-bond donors (Lipinski definition) is 2. The molecule has 1 aromatic rings. The molecule has 0 radical (unpaired) electrons. The molecule has 3 rings (SSSR count). The number of amides is 1. The van der Waals surface area contributed by atoms with Gasteiger partial charge in [0.15, 0.2) is 11.5 Å². The van der Waals surface area contributed by atoms with Gasteiger partial charge in [-0.15, -0.1) is 12.4 Å². The Morgan fingerprint density at radius 3 is 2.68 bits per heavy atom. The molecule has 0 bridgehead atoms. The monoisotopic (exact) mass is 370 g/mol. The zero-order valence-electron chi connectivity index (χ0n) is 14.1. The van der Waals surface area contributed by atoms with Crippen molar-refractivity contribution in [1.82, 2.24) is 4.90 Å². The van der Waals surface area contributed by atoms with E-state index in [1.54, 1.807) is 25.1 Å². The molecular weight excluding hydrogens is 348 g/mol. The highest BCUT2D eigenvalue weighted by atomic mass is 35.5. The highest BCUT2D eigenvalue weighted by Crippen LogP contribution is 2.32. The Balaban J connectivity index is 0.00000225. The minimum absolute atomic E-state index is 0. The van der Waals surface area contributed by atoms with Crippen molar-refractivity contribution in [3.8, 4) is 11.5 Å². The summed E-state index contributed by atoms with van der Waals surface area (Å²) < 4.78 is 11.2. The van der Waals surface area contributed by atoms with Crippen LogP contribution in [-0.2, 0) is 9.59 Å². The van der Waals surface area contributed by atoms with Gasteiger partial charge in [-0.1, -0.05) is 0 Å². The summed E-state index contributed by atoms with van der Waals surface area (Å²) in [6.45, 7) is 4.03. The zero-order valence-corrected chi connectivity index (χ0v) is 14.9. The van der Waals surface area contributed by atoms with Crippen molar-refractivity contribution in [1.29, 1.82) is 0 Å². The van der Waals surface area contributed by atoms with Gasteiger partial charge in [-0.25, -0.2) is 0 Å². The molecule has 1 aromatic carbocycles. The van der Waals surface area contributed by atoms with Crippen molar-refractivity contribution in [3.63, 3.8) is 0 Å². The maximum Gasteiger partial charge on any atom is 0.307 e. The Kier molecular flexibility index (Phi) is 6.50. The molecule has 25 heavy (non-hydrogen) atoms. The fraction of sp³-hybridized carbons (Fsp3) is 0.529. The van der Waals surface area contributed by atoms with Crippen LogP contribution in [0.5, 0.6) is 11.5 Å². The molecule has 0 aliphatic carbocycles. The number of carbonyl (C=O) groups excluding carboxylic acids is 1. The maximum atomic E-state index is 12.4. The molecule has 2 aliphatic heterocycles. The third kappa shape index (κ3) is 4.55. The van der Waals surface area contributed by atoms with E-state index in [2.05, 4.69) is 5.32 Å². The third-order valence-corrected chi connectivity index (χ3v) is 4.51. The van der Waals surface area contributed by atoms with Gasteiger partial charge in [0.25, 0.3) is 0 Å². The first-order valence-electron chi connectivity index (χ1n) is 8.22. The normalized spacial score (nSPS) is 20.9. The van der Waals surface area contributed by atoms with E-state index in [-0.39, 0.29) is 24.4 Å². The summed E-state index contributed by atoms with van der Waals surface area (Å²) in [4.78, 5) is 25.4. The van der Waals surface area contributed by atoms with Crippen molar-refractivity contribution >= 4 is 30.0 Å². The van der Waals surface area contributed by atoms with Crippen molar-refractivity contribution in [2.75, 3.05) is 31.6 Å². The van der Waals surface area contributed by atoms with E-state index in [9.17, 15) is 9.59 Å². The summed E-state index contributed by atoms with van der Waals surface area (Å²) in [5, 5.41) is 11.9. The van der Waals surface area contributed by atoms with Gasteiger partial charge in [0.1, 0.15) is 0 Å². The Hall–Kier alpha value is -1.99. The maximum absolute atomic E-state index is 12.4. The second-order valence-electron chi connectivity index (χ2n) is 6.20. The number of nitrogens with zero attached hydrogens (tertiary/aromatic N) is 1. The molecule has 2 atom stereocenters. The van der Waals surface area contributed by atoms with E-state index in [0.717, 1.165) is 6.42 Å². The number of carboxylic acid groups (broad SMARTS) is 1. The Bertz CT molecular complexity index is 639. The standard InChI is InChI=1S/C17H22N2O5.ClH/c1-11(19-6-5-12(10-19)17(21)22)16(20)18-13-3-4-14-15(9-13)24-8-2-7-23-14;/h3-4,9,11-12H,2,5-8,10H2,1H3,(H,18,20)(H,21,22);1H. The first-order chi connectivity index (χ1) is 11.5. The number of ether oxygens (including phenoxy) is 2. The van der Waals surface area contributed by atoms with E-state index in [4.69, 9.17) is 14.6 Å². The largest absolute Gasteiger partial charge is 0.490 e. The quantitative estimate of drug-likeness (QED) is 0.842. The number of rotatable bonds is 4. The van der Waals surface area contributed by atoms with E-state index in [0.29, 0.717) is 49.9 Å². The summed E-state index contributed by atoms with van der Waals surface area (Å²) in [6.07, 6.45) is 1.41. The molecule has 2 unspecified atom stereocenters. The minimum Gasteiger partial charge on any atom is -0.490 e. The van der Waals surface area contributed by atoms with Gasteiger partial charge < -0.3 is 19.9 Å². The van der Waals surface area contributed by atoms with Gasteiger partial charge in [0.05, 0.1) is 25.2 Å². The lowest BCUT2D eigenvalue weighted by atomic mass is 10.1. The Labute approximate surface area is 152 Å². The number of likely N-dealkylation sites (tertiary alicyclic amines) is 1. The van der Waals surface area contributed by atoms with E-state index < -0.39 is 11.9 Å². The summed E-state index contributed by atoms with van der Waals surface area (Å²) in [7, 11) is 0. The second kappa shape index (κ2) is 8.40. The molecule has 2 N–H and O–H groups in total. The highest BCUT2D eigenvalue weighted by Gasteiger charge is 2.33. The van der Waals surface area contributed by atoms with E-state index in [1.165, 1.54) is 0 Å². The van der Waals surface area contributed by atoms with Crippen LogP contribution in [0.3, 0.4) is 0 Å². The molecule has 1 saturated heterocycles. The number of benzene rings is 1. The molecular formula is C17H23ClN2O5. The third-order valence-electron chi connectivity index (χ3n) is 4.51. The van der Waals surface area contributed by atoms with Crippen molar-refractivity contribution in [3.05, 3.63) is 18.2 Å². The van der Waals surface area contributed by atoms with Crippen LogP contribution in [0.15, 0.2) is 18.2 Å². The average Bonchev–Trinajstić information content (AvgIpc) is 2.94. The molecule has 1 amide bonds. The van der Waals surface area contributed by atoms with Crippen molar-refractivity contribution < 1.29 is 24.2 Å². The summed E-state index contributed by atoms with van der Waals surface area (Å²) >= 11 is 0. The smallest absolute Gasteiger partial charge is 0.307 e. The summed E-state index contributed by atoms with van der Waals surface area (Å²) in [5.74, 6) is -0.0331. The lowest BCUT2D eigenvalue weighted by Crippen LogP contribution is -2.41. The number of halogens is 1. The number of carbonyl (C=O) groups is 2. The fourth-order valence-corrected chi connectivity index (χ4v) is 2.99. The molecule has 2 aliphatic rings. The molecule has 0 spiro atoms. The lowest BCUT2D eigenvalue weighted by molar-refractivity contribution is -0.141. The van der Waals surface area contributed by atoms with Gasteiger partial charge in [-0.2, -0.15) is 0 Å².